The fourth-order valence-electron chi connectivity index (χ4n) is 1.69. The Hall–Kier alpha value is -0.0800. The van der Waals surface area contributed by atoms with Crippen molar-refractivity contribution in [2.75, 3.05) is 33.7 Å². The van der Waals surface area contributed by atoms with Crippen LogP contribution in [-0.4, -0.2) is 38.6 Å². The molecule has 1 rings (SSSR count). The maximum atomic E-state index is 3.18. The summed E-state index contributed by atoms with van der Waals surface area (Å²) in [6, 6.07) is 0. The molecule has 13 heavy (non-hydrogen) atoms. The Bertz CT molecular complexity index is 121. The van der Waals surface area contributed by atoms with Crippen LogP contribution in [-0.2, 0) is 0 Å². The van der Waals surface area contributed by atoms with Gasteiger partial charge in [0.2, 0.25) is 0 Å². The van der Waals surface area contributed by atoms with Crippen molar-refractivity contribution in [1.29, 1.82) is 0 Å². The van der Waals surface area contributed by atoms with E-state index in [4.69, 9.17) is 0 Å². The van der Waals surface area contributed by atoms with Crippen molar-refractivity contribution in [2.24, 2.45) is 5.92 Å². The second-order valence-electron chi connectivity index (χ2n) is 4.37. The molecule has 1 saturated carbocycles. The first kappa shape index (κ1) is 11.0. The summed E-state index contributed by atoms with van der Waals surface area (Å²) in [5, 5.41) is 3.18. The van der Waals surface area contributed by atoms with Crippen molar-refractivity contribution >= 4 is 0 Å². The van der Waals surface area contributed by atoms with E-state index < -0.39 is 0 Å². The molecule has 2 heteroatoms. The fourth-order valence-corrected chi connectivity index (χ4v) is 1.69. The number of hydrogen-bond donors (Lipinski definition) is 1. The molecule has 0 aromatic rings. The minimum atomic E-state index is 1.04. The zero-order chi connectivity index (χ0) is 9.52. The predicted octanol–water partition coefficient (Wildman–Crippen LogP) is 1.72. The summed E-state index contributed by atoms with van der Waals surface area (Å²) in [4.78, 5) is 2.50. The zero-order valence-corrected chi connectivity index (χ0v) is 9.18. The molecule has 78 valence electrons. The van der Waals surface area contributed by atoms with Gasteiger partial charge < -0.3 is 10.2 Å². The third kappa shape index (κ3) is 6.05. The van der Waals surface area contributed by atoms with E-state index in [0.29, 0.717) is 0 Å². The third-order valence-electron chi connectivity index (χ3n) is 2.73. The first-order valence-corrected chi connectivity index (χ1v) is 5.66. The minimum Gasteiger partial charge on any atom is -0.320 e. The molecule has 0 heterocycles. The third-order valence-corrected chi connectivity index (χ3v) is 2.73. The van der Waals surface area contributed by atoms with E-state index in [1.807, 2.05) is 7.05 Å². The van der Waals surface area contributed by atoms with Crippen LogP contribution in [0.5, 0.6) is 0 Å². The smallest absolute Gasteiger partial charge is 0.000661 e. The normalized spacial score (nSPS) is 16.8. The summed E-state index contributed by atoms with van der Waals surface area (Å²) in [7, 11) is 4.29. The van der Waals surface area contributed by atoms with Crippen LogP contribution < -0.4 is 5.32 Å². The first-order valence-electron chi connectivity index (χ1n) is 5.66. The van der Waals surface area contributed by atoms with Crippen LogP contribution in [0.1, 0.15) is 32.1 Å². The lowest BCUT2D eigenvalue weighted by Crippen LogP contribution is -2.22. The van der Waals surface area contributed by atoms with Gasteiger partial charge in [0.1, 0.15) is 0 Å². The number of rotatable bonds is 8. The summed E-state index contributed by atoms with van der Waals surface area (Å²) >= 11 is 0. The van der Waals surface area contributed by atoms with Gasteiger partial charge in [0, 0.05) is 6.54 Å². The van der Waals surface area contributed by atoms with E-state index in [1.54, 1.807) is 0 Å². The van der Waals surface area contributed by atoms with Crippen LogP contribution in [0, 0.1) is 5.92 Å². The van der Waals surface area contributed by atoms with Crippen LogP contribution in [0.2, 0.25) is 0 Å². The number of nitrogens with one attached hydrogen (secondary N) is 1. The van der Waals surface area contributed by atoms with Crippen molar-refractivity contribution in [3.63, 3.8) is 0 Å². The van der Waals surface area contributed by atoms with Crippen molar-refractivity contribution in [3.05, 3.63) is 0 Å². The van der Waals surface area contributed by atoms with Gasteiger partial charge in [-0.3, -0.25) is 0 Å². The summed E-state index contributed by atoms with van der Waals surface area (Å²) < 4.78 is 0. The maximum Gasteiger partial charge on any atom is 0.000661 e. The second kappa shape index (κ2) is 6.39. The van der Waals surface area contributed by atoms with Crippen molar-refractivity contribution in [1.82, 2.24) is 10.2 Å². The summed E-state index contributed by atoms with van der Waals surface area (Å²) in [5.41, 5.74) is 0. The van der Waals surface area contributed by atoms with Crippen LogP contribution >= 0.6 is 0 Å². The Balaban J connectivity index is 1.80. The topological polar surface area (TPSA) is 15.3 Å². The molecule has 1 N–H and O–H groups in total. The Morgan fingerprint density at radius 3 is 2.62 bits per heavy atom. The van der Waals surface area contributed by atoms with Gasteiger partial charge in [-0.15, -0.1) is 0 Å². The molecule has 0 saturated heterocycles. The second-order valence-corrected chi connectivity index (χ2v) is 4.37. The molecule has 0 atom stereocenters. The standard InChI is InChI=1S/C11H24N2/c1-12-8-4-3-5-9-13(2)10-11-6-7-11/h11-12H,3-10H2,1-2H3. The molecule has 1 fully saturated rings. The number of unbranched alkanes of at least 4 members (excludes halogenated alkanes) is 2. The van der Waals surface area contributed by atoms with E-state index in [2.05, 4.69) is 17.3 Å². The highest BCUT2D eigenvalue weighted by Gasteiger charge is 2.22. The molecule has 0 aromatic heterocycles. The Labute approximate surface area is 82.7 Å². The SMILES string of the molecule is CNCCCCCN(C)CC1CC1. The van der Waals surface area contributed by atoms with E-state index in [1.165, 1.54) is 51.7 Å². The van der Waals surface area contributed by atoms with E-state index in [-0.39, 0.29) is 0 Å². The van der Waals surface area contributed by atoms with Crippen molar-refractivity contribution < 1.29 is 0 Å². The van der Waals surface area contributed by atoms with Gasteiger partial charge >= 0.3 is 0 Å². The van der Waals surface area contributed by atoms with E-state index in [9.17, 15) is 0 Å². The lowest BCUT2D eigenvalue weighted by atomic mass is 10.2. The van der Waals surface area contributed by atoms with Gasteiger partial charge in [0.25, 0.3) is 0 Å². The van der Waals surface area contributed by atoms with E-state index >= 15 is 0 Å². The molecular weight excluding hydrogens is 160 g/mol. The summed E-state index contributed by atoms with van der Waals surface area (Å²) in [6.07, 6.45) is 7.02. The molecule has 0 amide bonds. The lowest BCUT2D eigenvalue weighted by molar-refractivity contribution is 0.312. The summed E-state index contributed by atoms with van der Waals surface area (Å²) in [5.74, 6) is 1.04. The van der Waals surface area contributed by atoms with Crippen LogP contribution in [0.3, 0.4) is 0 Å². The van der Waals surface area contributed by atoms with Gasteiger partial charge in [-0.2, -0.15) is 0 Å². The highest BCUT2D eigenvalue weighted by molar-refractivity contribution is 4.75. The minimum absolute atomic E-state index is 1.04. The monoisotopic (exact) mass is 184 g/mol. The molecular formula is C11H24N2. The molecule has 0 radical (unpaired) electrons. The maximum absolute atomic E-state index is 3.18. The van der Waals surface area contributed by atoms with Crippen LogP contribution in [0.4, 0.5) is 0 Å². The van der Waals surface area contributed by atoms with Gasteiger partial charge in [0.15, 0.2) is 0 Å². The van der Waals surface area contributed by atoms with Crippen LogP contribution in [0.25, 0.3) is 0 Å². The van der Waals surface area contributed by atoms with E-state index in [0.717, 1.165) is 5.92 Å². The zero-order valence-electron chi connectivity index (χ0n) is 9.18. The molecule has 0 bridgehead atoms. The molecule has 0 aromatic carbocycles. The van der Waals surface area contributed by atoms with Gasteiger partial charge in [0.05, 0.1) is 0 Å². The lowest BCUT2D eigenvalue weighted by Gasteiger charge is -2.15. The predicted molar refractivity (Wildman–Crippen MR) is 58.0 cm³/mol. The van der Waals surface area contributed by atoms with Crippen LogP contribution in [0.15, 0.2) is 0 Å². The molecule has 0 unspecified atom stereocenters. The average molecular weight is 184 g/mol. The van der Waals surface area contributed by atoms with Gasteiger partial charge in [-0.1, -0.05) is 6.42 Å². The number of hydrogen-bond acceptors (Lipinski definition) is 2. The highest BCUT2D eigenvalue weighted by Crippen LogP contribution is 2.29. The molecule has 2 nitrogen and oxygen atoms in total. The van der Waals surface area contributed by atoms with Crippen molar-refractivity contribution in [2.45, 2.75) is 32.1 Å². The van der Waals surface area contributed by atoms with Gasteiger partial charge in [-0.25, -0.2) is 0 Å². The Morgan fingerprint density at radius 2 is 2.00 bits per heavy atom. The Kier molecular flexibility index (Phi) is 5.40. The highest BCUT2D eigenvalue weighted by atomic mass is 15.1. The largest absolute Gasteiger partial charge is 0.320 e. The number of nitrogens with zero attached hydrogens (tertiary/aromatic N) is 1. The average Bonchev–Trinajstić information content (AvgIpc) is 2.88. The Morgan fingerprint density at radius 1 is 1.23 bits per heavy atom. The fraction of sp³-hybridized carbons (Fsp3) is 1.00. The van der Waals surface area contributed by atoms with Crippen molar-refractivity contribution in [3.8, 4) is 0 Å². The molecule has 1 aliphatic rings. The van der Waals surface area contributed by atoms with Gasteiger partial charge in [-0.05, 0) is 58.8 Å². The molecule has 0 aliphatic heterocycles. The first-order chi connectivity index (χ1) is 6.33. The molecule has 1 aliphatic carbocycles. The molecule has 0 spiro atoms. The summed E-state index contributed by atoms with van der Waals surface area (Å²) in [6.45, 7) is 3.80. The quantitative estimate of drug-likeness (QED) is 0.578.